The molecule has 0 heterocycles. The van der Waals surface area contributed by atoms with E-state index in [2.05, 4.69) is 30.8 Å². The number of anilines is 1. The lowest BCUT2D eigenvalue weighted by atomic mass is 10.0. The lowest BCUT2D eigenvalue weighted by Crippen LogP contribution is -2.23. The Morgan fingerprint density at radius 1 is 1.29 bits per heavy atom. The van der Waals surface area contributed by atoms with Crippen molar-refractivity contribution in [3.63, 3.8) is 0 Å². The average molecular weight is 243 g/mol. The van der Waals surface area contributed by atoms with Crippen LogP contribution in [0.3, 0.4) is 0 Å². The molecule has 1 N–H and O–H groups in total. The van der Waals surface area contributed by atoms with Crippen LogP contribution >= 0.6 is 0 Å². The van der Waals surface area contributed by atoms with Gasteiger partial charge in [0.1, 0.15) is 5.75 Å². The molecule has 0 aliphatic carbocycles. The third kappa shape index (κ3) is 4.59. The fraction of sp³-hybridized carbons (Fsp3) is 0.538. The maximum atomic E-state index is 12.1. The zero-order valence-electron chi connectivity index (χ0n) is 10.4. The highest BCUT2D eigenvalue weighted by Gasteiger charge is 2.10. The summed E-state index contributed by atoms with van der Waals surface area (Å²) in [7, 11) is 0. The number of hydrogen-bond acceptors (Lipinski definition) is 2. The van der Waals surface area contributed by atoms with Crippen LogP contribution in [-0.2, 0) is 0 Å². The van der Waals surface area contributed by atoms with Crippen LogP contribution in [0.2, 0.25) is 0 Å². The summed E-state index contributed by atoms with van der Waals surface area (Å²) in [4.78, 5) is 0. The van der Waals surface area contributed by atoms with E-state index < -0.39 is 6.61 Å². The summed E-state index contributed by atoms with van der Waals surface area (Å²) >= 11 is 0. The van der Waals surface area contributed by atoms with Gasteiger partial charge in [-0.25, -0.2) is 0 Å². The van der Waals surface area contributed by atoms with E-state index in [-0.39, 0.29) is 5.75 Å². The second kappa shape index (κ2) is 6.42. The Morgan fingerprint density at radius 2 is 2.00 bits per heavy atom. The largest absolute Gasteiger partial charge is 0.435 e. The van der Waals surface area contributed by atoms with Gasteiger partial charge in [0.2, 0.25) is 0 Å². The molecule has 17 heavy (non-hydrogen) atoms. The smallest absolute Gasteiger partial charge is 0.387 e. The molecule has 0 radical (unpaired) electrons. The number of benzene rings is 1. The van der Waals surface area contributed by atoms with E-state index in [4.69, 9.17) is 0 Å². The van der Waals surface area contributed by atoms with Crippen molar-refractivity contribution in [2.45, 2.75) is 39.8 Å². The zero-order valence-corrected chi connectivity index (χ0v) is 10.4. The van der Waals surface area contributed by atoms with E-state index in [1.54, 1.807) is 12.1 Å². The molecule has 0 aliphatic heterocycles. The zero-order chi connectivity index (χ0) is 12.8. The molecule has 0 spiro atoms. The van der Waals surface area contributed by atoms with Gasteiger partial charge in [-0.2, -0.15) is 8.78 Å². The molecule has 1 aromatic carbocycles. The normalized spacial score (nSPS) is 14.5. The topological polar surface area (TPSA) is 21.3 Å². The minimum absolute atomic E-state index is 0.182. The molecule has 0 saturated heterocycles. The van der Waals surface area contributed by atoms with E-state index in [1.807, 2.05) is 6.07 Å². The van der Waals surface area contributed by atoms with Crippen LogP contribution in [0, 0.1) is 5.92 Å². The SMILES string of the molecule is CCC(C)C(C)Nc1cccc(OC(F)F)c1. The summed E-state index contributed by atoms with van der Waals surface area (Å²) in [6.45, 7) is 3.57. The van der Waals surface area contributed by atoms with Gasteiger partial charge in [-0.3, -0.25) is 0 Å². The summed E-state index contributed by atoms with van der Waals surface area (Å²) in [6, 6.07) is 6.94. The van der Waals surface area contributed by atoms with Crippen LogP contribution in [0.1, 0.15) is 27.2 Å². The number of ether oxygens (including phenoxy) is 1. The van der Waals surface area contributed by atoms with Crippen LogP contribution < -0.4 is 10.1 Å². The first-order valence-electron chi connectivity index (χ1n) is 5.84. The Bertz CT molecular complexity index is 344. The van der Waals surface area contributed by atoms with Crippen molar-refractivity contribution in [1.29, 1.82) is 0 Å². The Morgan fingerprint density at radius 3 is 2.59 bits per heavy atom. The van der Waals surface area contributed by atoms with Gasteiger partial charge in [0.25, 0.3) is 0 Å². The number of halogens is 2. The van der Waals surface area contributed by atoms with Crippen molar-refractivity contribution in [1.82, 2.24) is 0 Å². The van der Waals surface area contributed by atoms with Crippen molar-refractivity contribution < 1.29 is 13.5 Å². The summed E-state index contributed by atoms with van der Waals surface area (Å²) < 4.78 is 28.5. The van der Waals surface area contributed by atoms with E-state index in [0.29, 0.717) is 12.0 Å². The van der Waals surface area contributed by atoms with E-state index in [9.17, 15) is 8.78 Å². The van der Waals surface area contributed by atoms with Crippen LogP contribution in [-0.4, -0.2) is 12.7 Å². The first-order valence-corrected chi connectivity index (χ1v) is 5.84. The third-order valence-electron chi connectivity index (χ3n) is 2.95. The molecular weight excluding hydrogens is 224 g/mol. The van der Waals surface area contributed by atoms with Gasteiger partial charge in [-0.1, -0.05) is 26.3 Å². The van der Waals surface area contributed by atoms with Gasteiger partial charge in [-0.05, 0) is 25.0 Å². The molecule has 0 amide bonds. The molecule has 0 bridgehead atoms. The van der Waals surface area contributed by atoms with E-state index in [0.717, 1.165) is 12.1 Å². The Hall–Kier alpha value is -1.32. The summed E-state index contributed by atoms with van der Waals surface area (Å²) in [5, 5.41) is 3.28. The lowest BCUT2D eigenvalue weighted by Gasteiger charge is -2.21. The molecular formula is C13H19F2NO. The molecule has 2 unspecified atom stereocenters. The summed E-state index contributed by atoms with van der Waals surface area (Å²) in [6.07, 6.45) is 1.07. The quantitative estimate of drug-likeness (QED) is 0.811. The van der Waals surface area contributed by atoms with Crippen molar-refractivity contribution in [3.8, 4) is 5.75 Å². The predicted molar refractivity (Wildman–Crippen MR) is 65.6 cm³/mol. The fourth-order valence-corrected chi connectivity index (χ4v) is 1.52. The summed E-state index contributed by atoms with van der Waals surface area (Å²) in [5.41, 5.74) is 0.802. The van der Waals surface area contributed by atoms with E-state index >= 15 is 0 Å². The molecule has 2 nitrogen and oxygen atoms in total. The standard InChI is InChI=1S/C13H19F2NO/c1-4-9(2)10(3)16-11-6-5-7-12(8-11)17-13(14)15/h5-10,13,16H,4H2,1-3H3. The highest BCUT2D eigenvalue weighted by atomic mass is 19.3. The number of alkyl halides is 2. The van der Waals surface area contributed by atoms with Gasteiger partial charge >= 0.3 is 6.61 Å². The highest BCUT2D eigenvalue weighted by molar-refractivity contribution is 5.48. The molecule has 1 aromatic rings. The van der Waals surface area contributed by atoms with Gasteiger partial charge < -0.3 is 10.1 Å². The van der Waals surface area contributed by atoms with Gasteiger partial charge in [-0.15, -0.1) is 0 Å². The molecule has 0 aliphatic rings. The molecule has 0 saturated carbocycles. The number of rotatable bonds is 6. The second-order valence-electron chi connectivity index (χ2n) is 4.22. The molecule has 1 rings (SSSR count). The van der Waals surface area contributed by atoms with Crippen LogP contribution in [0.5, 0.6) is 5.75 Å². The second-order valence-corrected chi connectivity index (χ2v) is 4.22. The Kier molecular flexibility index (Phi) is 5.19. The lowest BCUT2D eigenvalue weighted by molar-refractivity contribution is -0.0498. The number of nitrogens with one attached hydrogen (secondary N) is 1. The average Bonchev–Trinajstić information content (AvgIpc) is 2.27. The van der Waals surface area contributed by atoms with E-state index in [1.165, 1.54) is 6.07 Å². The molecule has 96 valence electrons. The van der Waals surface area contributed by atoms with Crippen molar-refractivity contribution in [3.05, 3.63) is 24.3 Å². The Balaban J connectivity index is 2.65. The maximum absolute atomic E-state index is 12.1. The van der Waals surface area contributed by atoms with Gasteiger partial charge in [0, 0.05) is 17.8 Å². The van der Waals surface area contributed by atoms with Crippen LogP contribution in [0.25, 0.3) is 0 Å². The minimum Gasteiger partial charge on any atom is -0.435 e. The van der Waals surface area contributed by atoms with Crippen molar-refractivity contribution in [2.24, 2.45) is 5.92 Å². The molecule has 4 heteroatoms. The third-order valence-corrected chi connectivity index (χ3v) is 2.95. The van der Waals surface area contributed by atoms with Crippen molar-refractivity contribution in [2.75, 3.05) is 5.32 Å². The van der Waals surface area contributed by atoms with Gasteiger partial charge in [0.05, 0.1) is 0 Å². The molecule has 0 aromatic heterocycles. The summed E-state index contributed by atoms with van der Waals surface area (Å²) in [5.74, 6) is 0.705. The monoisotopic (exact) mass is 243 g/mol. The first kappa shape index (κ1) is 13.7. The highest BCUT2D eigenvalue weighted by Crippen LogP contribution is 2.21. The Labute approximate surface area is 101 Å². The maximum Gasteiger partial charge on any atom is 0.387 e. The first-order chi connectivity index (χ1) is 8.02. The van der Waals surface area contributed by atoms with Crippen LogP contribution in [0.4, 0.5) is 14.5 Å². The molecule has 2 atom stereocenters. The van der Waals surface area contributed by atoms with Gasteiger partial charge in [0.15, 0.2) is 0 Å². The predicted octanol–water partition coefficient (Wildman–Crippen LogP) is 4.13. The van der Waals surface area contributed by atoms with Crippen LogP contribution in [0.15, 0.2) is 24.3 Å². The van der Waals surface area contributed by atoms with Crippen molar-refractivity contribution >= 4 is 5.69 Å². The minimum atomic E-state index is -2.78. The fourth-order valence-electron chi connectivity index (χ4n) is 1.52. The molecule has 0 fully saturated rings. The number of hydrogen-bond donors (Lipinski definition) is 1.